The highest BCUT2D eigenvalue weighted by molar-refractivity contribution is 6.29. The van der Waals surface area contributed by atoms with Crippen molar-refractivity contribution in [3.8, 4) is 11.4 Å². The third-order valence-corrected chi connectivity index (χ3v) is 3.99. The largest absolute Gasteiger partial charge is 0.354 e. The van der Waals surface area contributed by atoms with Crippen molar-refractivity contribution in [2.75, 3.05) is 12.3 Å². The van der Waals surface area contributed by atoms with Crippen LogP contribution >= 0.6 is 11.6 Å². The van der Waals surface area contributed by atoms with E-state index in [4.69, 9.17) is 15.7 Å². The number of nitrogens with one attached hydrogen (secondary N) is 2. The van der Waals surface area contributed by atoms with E-state index in [2.05, 4.69) is 25.6 Å². The molecule has 2 aromatic heterocycles. The first-order valence-electron chi connectivity index (χ1n) is 9.15. The molecule has 0 bridgehead atoms. The van der Waals surface area contributed by atoms with Crippen LogP contribution in [0.25, 0.3) is 11.4 Å². The van der Waals surface area contributed by atoms with Crippen molar-refractivity contribution in [2.45, 2.75) is 13.8 Å². The maximum atomic E-state index is 12.3. The van der Waals surface area contributed by atoms with Gasteiger partial charge in [-0.3, -0.25) is 4.79 Å². The summed E-state index contributed by atoms with van der Waals surface area (Å²) >= 11 is 5.93. The van der Waals surface area contributed by atoms with Crippen LogP contribution in [0.5, 0.6) is 0 Å². The third-order valence-electron chi connectivity index (χ3n) is 3.81. The van der Waals surface area contributed by atoms with Crippen LogP contribution in [0.1, 0.15) is 26.0 Å². The average molecular weight is 375 g/mol. The maximum Gasteiger partial charge on any atom is 0.273 e. The number of carbonyl (C=O) groups is 1. The molecule has 9 heteroatoms. The lowest BCUT2D eigenvalue weighted by Crippen LogP contribution is -2.21. The molecule has 0 saturated heterocycles. The molecule has 0 aliphatic rings. The van der Waals surface area contributed by atoms with Gasteiger partial charge in [-0.1, -0.05) is 23.7 Å². The standard InChI is InChI=1S/C17H18ClN7O/c1-9-11(16-20-10(2)24-25(16)4)6-5-7-12(9)21-13-8-14(18)22-23-15(13)17(26)19-3/h5-8H,1-4H3,(H,19,26)(H,21,22)/i3D3. The Morgan fingerprint density at radius 2 is 2.08 bits per heavy atom. The van der Waals surface area contributed by atoms with E-state index in [1.165, 1.54) is 6.07 Å². The van der Waals surface area contributed by atoms with E-state index in [0.717, 1.165) is 11.1 Å². The molecule has 2 heterocycles. The number of carbonyl (C=O) groups excluding carboxylic acids is 1. The number of aromatic nitrogens is 5. The predicted molar refractivity (Wildman–Crippen MR) is 99.6 cm³/mol. The Kier molecular flexibility index (Phi) is 3.87. The highest BCUT2D eigenvalue weighted by Gasteiger charge is 2.17. The van der Waals surface area contributed by atoms with Crippen molar-refractivity contribution >= 4 is 28.9 Å². The number of amides is 1. The molecule has 26 heavy (non-hydrogen) atoms. The van der Waals surface area contributed by atoms with Gasteiger partial charge in [-0.15, -0.1) is 10.2 Å². The van der Waals surface area contributed by atoms with Gasteiger partial charge in [0.15, 0.2) is 16.7 Å². The van der Waals surface area contributed by atoms with E-state index in [1.54, 1.807) is 18.7 Å². The Hall–Kier alpha value is -3.00. The Morgan fingerprint density at radius 1 is 1.27 bits per heavy atom. The fraction of sp³-hybridized carbons (Fsp3) is 0.235. The van der Waals surface area contributed by atoms with Gasteiger partial charge in [0.25, 0.3) is 5.91 Å². The van der Waals surface area contributed by atoms with Crippen LogP contribution < -0.4 is 10.6 Å². The summed E-state index contributed by atoms with van der Waals surface area (Å²) in [5, 5.41) is 16.7. The Bertz CT molecular complexity index is 1080. The zero-order chi connectivity index (χ0) is 21.3. The topological polar surface area (TPSA) is 97.6 Å². The third kappa shape index (κ3) is 3.36. The lowest BCUT2D eigenvalue weighted by molar-refractivity contribution is 0.0958. The van der Waals surface area contributed by atoms with E-state index >= 15 is 0 Å². The van der Waals surface area contributed by atoms with Gasteiger partial charge in [-0.25, -0.2) is 9.67 Å². The molecule has 0 unspecified atom stereocenters. The van der Waals surface area contributed by atoms with E-state index in [9.17, 15) is 4.79 Å². The lowest BCUT2D eigenvalue weighted by Gasteiger charge is -2.14. The summed E-state index contributed by atoms with van der Waals surface area (Å²) in [4.78, 5) is 16.8. The fourth-order valence-electron chi connectivity index (χ4n) is 2.60. The monoisotopic (exact) mass is 374 g/mol. The second-order valence-corrected chi connectivity index (χ2v) is 5.98. The zero-order valence-corrected chi connectivity index (χ0v) is 15.1. The molecule has 0 fully saturated rings. The molecule has 0 radical (unpaired) electrons. The van der Waals surface area contributed by atoms with E-state index < -0.39 is 12.9 Å². The van der Waals surface area contributed by atoms with Gasteiger partial charge in [0, 0.05) is 35.5 Å². The smallest absolute Gasteiger partial charge is 0.273 e. The van der Waals surface area contributed by atoms with Gasteiger partial charge in [0.1, 0.15) is 5.82 Å². The molecular weight excluding hydrogens is 354 g/mol. The molecule has 0 aliphatic heterocycles. The molecule has 0 spiro atoms. The minimum Gasteiger partial charge on any atom is -0.354 e. The van der Waals surface area contributed by atoms with Crippen LogP contribution in [0.4, 0.5) is 11.4 Å². The van der Waals surface area contributed by atoms with Crippen LogP contribution in [0.3, 0.4) is 0 Å². The molecule has 0 atom stereocenters. The summed E-state index contributed by atoms with van der Waals surface area (Å²) in [6.45, 7) is 1.04. The van der Waals surface area contributed by atoms with E-state index in [0.29, 0.717) is 17.3 Å². The van der Waals surface area contributed by atoms with Crippen molar-refractivity contribution in [3.63, 3.8) is 0 Å². The number of rotatable bonds is 4. The minimum atomic E-state index is -2.66. The van der Waals surface area contributed by atoms with Crippen molar-refractivity contribution in [1.29, 1.82) is 0 Å². The number of halogens is 1. The summed E-state index contributed by atoms with van der Waals surface area (Å²) < 4.78 is 23.3. The van der Waals surface area contributed by atoms with Crippen LogP contribution in [0.15, 0.2) is 24.3 Å². The van der Waals surface area contributed by atoms with Crippen LogP contribution in [0, 0.1) is 13.8 Å². The first-order valence-corrected chi connectivity index (χ1v) is 8.03. The molecule has 0 saturated carbocycles. The maximum absolute atomic E-state index is 12.3. The number of hydrogen-bond donors (Lipinski definition) is 2. The Labute approximate surface area is 159 Å². The van der Waals surface area contributed by atoms with E-state index in [1.807, 2.05) is 30.4 Å². The summed E-state index contributed by atoms with van der Waals surface area (Å²) in [7, 11) is 1.80. The number of anilines is 2. The van der Waals surface area contributed by atoms with Gasteiger partial charge in [0.05, 0.1) is 5.69 Å². The predicted octanol–water partition coefficient (Wildman–Crippen LogP) is 2.65. The highest BCUT2D eigenvalue weighted by atomic mass is 35.5. The second kappa shape index (κ2) is 7.09. The number of hydrogen-bond acceptors (Lipinski definition) is 6. The molecule has 8 nitrogen and oxygen atoms in total. The quantitative estimate of drug-likeness (QED) is 0.728. The summed E-state index contributed by atoms with van der Waals surface area (Å²) in [5.74, 6) is 0.443. The molecule has 134 valence electrons. The van der Waals surface area contributed by atoms with Crippen molar-refractivity contribution in [3.05, 3.63) is 46.5 Å². The van der Waals surface area contributed by atoms with Gasteiger partial charge in [0.2, 0.25) is 0 Å². The fourth-order valence-corrected chi connectivity index (χ4v) is 2.74. The SMILES string of the molecule is [2H]C([2H])([2H])NC(=O)c1nnc(Cl)cc1Nc1cccc(-c2nc(C)nn2C)c1C. The number of benzene rings is 1. The van der Waals surface area contributed by atoms with Crippen molar-refractivity contribution in [1.82, 2.24) is 30.3 Å². The van der Waals surface area contributed by atoms with Crippen LogP contribution in [-0.4, -0.2) is 37.8 Å². The molecule has 1 aromatic carbocycles. The zero-order valence-electron chi connectivity index (χ0n) is 17.3. The molecule has 1 amide bonds. The molecule has 3 rings (SSSR count). The van der Waals surface area contributed by atoms with Crippen molar-refractivity contribution in [2.24, 2.45) is 7.05 Å². The number of aryl methyl sites for hydroxylation is 2. The summed E-state index contributed by atoms with van der Waals surface area (Å²) in [5.41, 5.74) is 2.39. The first-order chi connectivity index (χ1) is 13.5. The Balaban J connectivity index is 2.01. The molecular formula is C17H18ClN7O. The normalized spacial score (nSPS) is 12.8. The highest BCUT2D eigenvalue weighted by Crippen LogP contribution is 2.30. The van der Waals surface area contributed by atoms with Gasteiger partial charge < -0.3 is 10.6 Å². The van der Waals surface area contributed by atoms with Crippen molar-refractivity contribution < 1.29 is 8.91 Å². The summed E-state index contributed by atoms with van der Waals surface area (Å²) in [6.07, 6.45) is 0. The molecule has 2 N–H and O–H groups in total. The first kappa shape index (κ1) is 14.2. The van der Waals surface area contributed by atoms with Crippen LogP contribution in [-0.2, 0) is 7.05 Å². The number of nitrogens with zero attached hydrogens (tertiary/aromatic N) is 5. The average Bonchev–Trinajstić information content (AvgIpc) is 2.93. The van der Waals surface area contributed by atoms with Gasteiger partial charge in [-0.2, -0.15) is 5.10 Å². The van der Waals surface area contributed by atoms with E-state index in [-0.39, 0.29) is 16.5 Å². The Morgan fingerprint density at radius 3 is 2.77 bits per heavy atom. The second-order valence-electron chi connectivity index (χ2n) is 5.59. The molecule has 0 aliphatic carbocycles. The lowest BCUT2D eigenvalue weighted by atomic mass is 10.1. The van der Waals surface area contributed by atoms with Gasteiger partial charge in [-0.05, 0) is 25.5 Å². The van der Waals surface area contributed by atoms with Gasteiger partial charge >= 0.3 is 0 Å². The molecule has 3 aromatic rings. The minimum absolute atomic E-state index is 0.0515. The van der Waals surface area contributed by atoms with Crippen LogP contribution in [0.2, 0.25) is 5.15 Å². The summed E-state index contributed by atoms with van der Waals surface area (Å²) in [6, 6.07) is 6.94.